The van der Waals surface area contributed by atoms with Crippen LogP contribution in [0.4, 0.5) is 8.78 Å². The summed E-state index contributed by atoms with van der Waals surface area (Å²) in [7, 11) is 0. The number of carbonyl (C=O) groups is 1. The molecule has 1 aromatic rings. The van der Waals surface area contributed by atoms with E-state index in [4.69, 9.17) is 0 Å². The van der Waals surface area contributed by atoms with E-state index >= 15 is 0 Å². The fraction of sp³-hybridized carbons (Fsp3) is 0.417. The predicted molar refractivity (Wildman–Crippen MR) is 61.9 cm³/mol. The van der Waals surface area contributed by atoms with E-state index in [0.29, 0.717) is 6.54 Å². The first kappa shape index (κ1) is 13.6. The van der Waals surface area contributed by atoms with Gasteiger partial charge < -0.3 is 10.6 Å². The third kappa shape index (κ3) is 4.91. The highest BCUT2D eigenvalue weighted by Gasteiger charge is 2.08. The number of benzene rings is 1. The van der Waals surface area contributed by atoms with Crippen molar-refractivity contribution in [2.24, 2.45) is 0 Å². The fourth-order valence-electron chi connectivity index (χ4n) is 1.38. The smallest absolute Gasteiger partial charge is 0.251 e. The Labute approximate surface area is 99.2 Å². The van der Waals surface area contributed by atoms with Crippen molar-refractivity contribution < 1.29 is 13.6 Å². The molecule has 0 radical (unpaired) electrons. The van der Waals surface area contributed by atoms with Crippen LogP contribution in [-0.2, 0) is 0 Å². The molecule has 3 nitrogen and oxygen atoms in total. The zero-order chi connectivity index (χ0) is 12.7. The van der Waals surface area contributed by atoms with Crippen LogP contribution in [0.15, 0.2) is 18.2 Å². The van der Waals surface area contributed by atoms with Crippen LogP contribution in [0.1, 0.15) is 23.7 Å². The van der Waals surface area contributed by atoms with Gasteiger partial charge >= 0.3 is 0 Å². The Morgan fingerprint density at radius 3 is 2.41 bits per heavy atom. The Morgan fingerprint density at radius 1 is 1.18 bits per heavy atom. The van der Waals surface area contributed by atoms with E-state index < -0.39 is 17.5 Å². The first-order valence-electron chi connectivity index (χ1n) is 5.58. The maximum atomic E-state index is 12.8. The van der Waals surface area contributed by atoms with Crippen LogP contribution in [0.2, 0.25) is 0 Å². The van der Waals surface area contributed by atoms with Crippen molar-refractivity contribution in [1.82, 2.24) is 10.6 Å². The third-order valence-corrected chi connectivity index (χ3v) is 2.19. The topological polar surface area (TPSA) is 41.1 Å². The highest BCUT2D eigenvalue weighted by molar-refractivity contribution is 5.94. The summed E-state index contributed by atoms with van der Waals surface area (Å²) in [5.41, 5.74) is 0.00551. The molecule has 1 amide bonds. The van der Waals surface area contributed by atoms with Crippen molar-refractivity contribution in [1.29, 1.82) is 0 Å². The Morgan fingerprint density at radius 2 is 1.82 bits per heavy atom. The number of hydrogen-bond donors (Lipinski definition) is 2. The van der Waals surface area contributed by atoms with Gasteiger partial charge in [0.1, 0.15) is 11.6 Å². The van der Waals surface area contributed by atoms with Crippen LogP contribution >= 0.6 is 0 Å². The monoisotopic (exact) mass is 242 g/mol. The van der Waals surface area contributed by atoms with E-state index in [0.717, 1.165) is 37.7 Å². The number of carbonyl (C=O) groups excluding carboxylic acids is 1. The summed E-state index contributed by atoms with van der Waals surface area (Å²) >= 11 is 0. The molecule has 0 aliphatic carbocycles. The minimum Gasteiger partial charge on any atom is -0.352 e. The van der Waals surface area contributed by atoms with Gasteiger partial charge in [0, 0.05) is 18.2 Å². The first-order chi connectivity index (χ1) is 8.13. The van der Waals surface area contributed by atoms with E-state index in [1.807, 2.05) is 6.92 Å². The molecule has 0 saturated heterocycles. The second kappa shape index (κ2) is 6.96. The number of rotatable bonds is 6. The van der Waals surface area contributed by atoms with Crippen LogP contribution in [0.5, 0.6) is 0 Å². The van der Waals surface area contributed by atoms with Crippen molar-refractivity contribution >= 4 is 5.91 Å². The van der Waals surface area contributed by atoms with Gasteiger partial charge in [0.05, 0.1) is 0 Å². The number of nitrogens with one attached hydrogen (secondary N) is 2. The average Bonchev–Trinajstić information content (AvgIpc) is 2.27. The summed E-state index contributed by atoms with van der Waals surface area (Å²) in [6.07, 6.45) is 0.775. The number of halogens is 2. The lowest BCUT2D eigenvalue weighted by atomic mass is 10.2. The maximum absolute atomic E-state index is 12.8. The van der Waals surface area contributed by atoms with Gasteiger partial charge in [-0.15, -0.1) is 0 Å². The lowest BCUT2D eigenvalue weighted by Crippen LogP contribution is -2.27. The molecular weight excluding hydrogens is 226 g/mol. The molecule has 1 rings (SSSR count). The van der Waals surface area contributed by atoms with Gasteiger partial charge in [-0.05, 0) is 31.6 Å². The number of hydrogen-bond acceptors (Lipinski definition) is 2. The normalized spacial score (nSPS) is 10.3. The van der Waals surface area contributed by atoms with E-state index in [1.165, 1.54) is 0 Å². The molecule has 0 saturated carbocycles. The highest BCUT2D eigenvalue weighted by atomic mass is 19.1. The van der Waals surface area contributed by atoms with Crippen molar-refractivity contribution in [3.05, 3.63) is 35.4 Å². The summed E-state index contributed by atoms with van der Waals surface area (Å²) in [6, 6.07) is 2.77. The molecule has 0 aliphatic rings. The maximum Gasteiger partial charge on any atom is 0.251 e. The Kier molecular flexibility index (Phi) is 5.56. The Hall–Kier alpha value is -1.49. The second-order valence-corrected chi connectivity index (χ2v) is 3.62. The van der Waals surface area contributed by atoms with Gasteiger partial charge in [0.25, 0.3) is 5.91 Å². The molecule has 0 aromatic heterocycles. The largest absolute Gasteiger partial charge is 0.352 e. The second-order valence-electron chi connectivity index (χ2n) is 3.62. The molecule has 0 bridgehead atoms. The Bertz CT molecular complexity index is 363. The van der Waals surface area contributed by atoms with E-state index in [9.17, 15) is 13.6 Å². The zero-order valence-corrected chi connectivity index (χ0v) is 9.72. The summed E-state index contributed by atoms with van der Waals surface area (Å²) in [4.78, 5) is 11.5. The van der Waals surface area contributed by atoms with Crippen LogP contribution in [0.25, 0.3) is 0 Å². The van der Waals surface area contributed by atoms with Crippen LogP contribution < -0.4 is 10.6 Å². The van der Waals surface area contributed by atoms with Crippen molar-refractivity contribution in [2.75, 3.05) is 19.6 Å². The van der Waals surface area contributed by atoms with Crippen LogP contribution in [0, 0.1) is 11.6 Å². The van der Waals surface area contributed by atoms with Crippen molar-refractivity contribution in [3.8, 4) is 0 Å². The Balaban J connectivity index is 2.41. The van der Waals surface area contributed by atoms with E-state index in [-0.39, 0.29) is 5.56 Å². The summed E-state index contributed by atoms with van der Waals surface area (Å²) in [5.74, 6) is -1.95. The predicted octanol–water partition coefficient (Wildman–Crippen LogP) is 1.69. The third-order valence-electron chi connectivity index (χ3n) is 2.19. The summed E-state index contributed by atoms with van der Waals surface area (Å²) < 4.78 is 25.7. The molecule has 94 valence electrons. The first-order valence-corrected chi connectivity index (χ1v) is 5.58. The van der Waals surface area contributed by atoms with Crippen LogP contribution in [-0.4, -0.2) is 25.5 Å². The average molecular weight is 242 g/mol. The van der Waals surface area contributed by atoms with Gasteiger partial charge in [-0.2, -0.15) is 0 Å². The molecule has 0 fully saturated rings. The molecule has 0 heterocycles. The van der Waals surface area contributed by atoms with Gasteiger partial charge in [0.15, 0.2) is 0 Å². The zero-order valence-electron chi connectivity index (χ0n) is 9.72. The van der Waals surface area contributed by atoms with Crippen molar-refractivity contribution in [3.63, 3.8) is 0 Å². The van der Waals surface area contributed by atoms with E-state index in [2.05, 4.69) is 10.6 Å². The SMILES string of the molecule is CCNCCCNC(=O)c1cc(F)cc(F)c1. The molecular formula is C12H16F2N2O. The molecule has 0 aliphatic heterocycles. The molecule has 0 atom stereocenters. The molecule has 5 heteroatoms. The van der Waals surface area contributed by atoms with Gasteiger partial charge in [-0.1, -0.05) is 6.92 Å². The quantitative estimate of drug-likeness (QED) is 0.745. The van der Waals surface area contributed by atoms with Gasteiger partial charge in [-0.25, -0.2) is 8.78 Å². The fourth-order valence-corrected chi connectivity index (χ4v) is 1.38. The van der Waals surface area contributed by atoms with Gasteiger partial charge in [0.2, 0.25) is 0 Å². The van der Waals surface area contributed by atoms with Crippen LogP contribution in [0.3, 0.4) is 0 Å². The minimum atomic E-state index is -0.747. The summed E-state index contributed by atoms with van der Waals surface area (Å²) in [5, 5.41) is 5.71. The molecule has 0 spiro atoms. The molecule has 2 N–H and O–H groups in total. The summed E-state index contributed by atoms with van der Waals surface area (Å²) in [6.45, 7) is 4.15. The highest BCUT2D eigenvalue weighted by Crippen LogP contribution is 2.07. The molecule has 1 aromatic carbocycles. The standard InChI is InChI=1S/C12H16F2N2O/c1-2-15-4-3-5-16-12(17)9-6-10(13)8-11(14)7-9/h6-8,15H,2-5H2,1H3,(H,16,17). The lowest BCUT2D eigenvalue weighted by Gasteiger charge is -2.05. The van der Waals surface area contributed by atoms with E-state index in [1.54, 1.807) is 0 Å². The molecule has 17 heavy (non-hydrogen) atoms. The molecule has 0 unspecified atom stereocenters. The van der Waals surface area contributed by atoms with Gasteiger partial charge in [-0.3, -0.25) is 4.79 Å². The number of amides is 1. The minimum absolute atomic E-state index is 0.00551. The van der Waals surface area contributed by atoms with Crippen molar-refractivity contribution in [2.45, 2.75) is 13.3 Å². The lowest BCUT2D eigenvalue weighted by molar-refractivity contribution is 0.0952.